The zero-order chi connectivity index (χ0) is 19.8. The van der Waals surface area contributed by atoms with Gasteiger partial charge in [-0.15, -0.1) is 0 Å². The Labute approximate surface area is 171 Å². The maximum atomic E-state index is 13.6. The smallest absolute Gasteiger partial charge is 0.200 e. The zero-order valence-electron chi connectivity index (χ0n) is 16.0. The summed E-state index contributed by atoms with van der Waals surface area (Å²) in [5, 5.41) is 4.78. The van der Waals surface area contributed by atoms with Crippen LogP contribution in [0.2, 0.25) is 0 Å². The first kappa shape index (κ1) is 18.1. The molecular weight excluding hydrogens is 380 g/mol. The second-order valence-corrected chi connectivity index (χ2v) is 9.38. The summed E-state index contributed by atoms with van der Waals surface area (Å²) >= 11 is 0. The molecule has 0 unspecified atom stereocenters. The Bertz CT molecular complexity index is 1160. The SMILES string of the molecule is O=S(=O)(c1ccccc1)N1N=C2c3ccccc3CCC[C@@H]2[C@@H]1c1ccccc1. The van der Waals surface area contributed by atoms with E-state index in [4.69, 9.17) is 5.10 Å². The Morgan fingerprint density at radius 2 is 1.48 bits per heavy atom. The molecule has 5 rings (SSSR count). The molecule has 146 valence electrons. The second kappa shape index (κ2) is 7.16. The third-order valence-electron chi connectivity index (χ3n) is 5.86. The van der Waals surface area contributed by atoms with Crippen molar-refractivity contribution in [2.24, 2.45) is 11.0 Å². The molecule has 0 N–H and O–H groups in total. The van der Waals surface area contributed by atoms with Gasteiger partial charge in [0.05, 0.1) is 16.6 Å². The lowest BCUT2D eigenvalue weighted by Gasteiger charge is -2.27. The van der Waals surface area contributed by atoms with Crippen LogP contribution < -0.4 is 0 Å². The highest BCUT2D eigenvalue weighted by molar-refractivity contribution is 7.89. The van der Waals surface area contributed by atoms with E-state index in [-0.39, 0.29) is 16.9 Å². The third kappa shape index (κ3) is 3.06. The number of hydrogen-bond donors (Lipinski definition) is 0. The largest absolute Gasteiger partial charge is 0.279 e. The van der Waals surface area contributed by atoms with Crippen LogP contribution in [0.1, 0.15) is 35.6 Å². The standard InChI is InChI=1S/C24H22N2O2S/c27-29(28,20-14-5-2-6-15-20)26-24(19-11-3-1-4-12-19)22-17-9-13-18-10-7-8-16-21(18)23(22)25-26/h1-8,10-12,14-16,22,24H,9,13,17H2/t22-,24-/m0/s1. The number of nitrogens with zero attached hydrogens (tertiary/aromatic N) is 2. The van der Waals surface area contributed by atoms with Crippen molar-refractivity contribution in [1.82, 2.24) is 4.41 Å². The van der Waals surface area contributed by atoms with Crippen LogP contribution in [0.5, 0.6) is 0 Å². The van der Waals surface area contributed by atoms with Gasteiger partial charge in [0, 0.05) is 11.5 Å². The van der Waals surface area contributed by atoms with Gasteiger partial charge in [-0.2, -0.15) is 17.9 Å². The average Bonchev–Trinajstić information content (AvgIpc) is 3.06. The summed E-state index contributed by atoms with van der Waals surface area (Å²) in [6.07, 6.45) is 2.93. The lowest BCUT2D eigenvalue weighted by Crippen LogP contribution is -2.31. The van der Waals surface area contributed by atoms with E-state index in [0.717, 1.165) is 36.1 Å². The van der Waals surface area contributed by atoms with Crippen molar-refractivity contribution in [3.05, 3.63) is 102 Å². The predicted molar refractivity (Wildman–Crippen MR) is 114 cm³/mol. The van der Waals surface area contributed by atoms with Crippen LogP contribution in [0, 0.1) is 5.92 Å². The molecule has 29 heavy (non-hydrogen) atoms. The molecule has 0 radical (unpaired) electrons. The normalized spacial score (nSPS) is 21.1. The van der Waals surface area contributed by atoms with E-state index in [9.17, 15) is 8.42 Å². The molecule has 4 nitrogen and oxygen atoms in total. The van der Waals surface area contributed by atoms with Crippen LogP contribution in [0.3, 0.4) is 0 Å². The summed E-state index contributed by atoms with van der Waals surface area (Å²) in [6.45, 7) is 0. The van der Waals surface area contributed by atoms with Gasteiger partial charge in [0.2, 0.25) is 0 Å². The molecule has 0 fully saturated rings. The van der Waals surface area contributed by atoms with Gasteiger partial charge in [0.25, 0.3) is 10.0 Å². The second-order valence-electron chi connectivity index (χ2n) is 7.59. The van der Waals surface area contributed by atoms with Gasteiger partial charge < -0.3 is 0 Å². The van der Waals surface area contributed by atoms with Crippen LogP contribution in [0.25, 0.3) is 0 Å². The van der Waals surface area contributed by atoms with E-state index in [1.807, 2.05) is 48.5 Å². The molecule has 0 saturated heterocycles. The summed E-state index contributed by atoms with van der Waals surface area (Å²) in [5.41, 5.74) is 4.21. The first-order valence-corrected chi connectivity index (χ1v) is 11.4. The summed E-state index contributed by atoms with van der Waals surface area (Å²) in [4.78, 5) is 0.273. The molecule has 0 amide bonds. The average molecular weight is 403 g/mol. The van der Waals surface area contributed by atoms with Gasteiger partial charge in [-0.05, 0) is 42.5 Å². The van der Waals surface area contributed by atoms with Gasteiger partial charge in [0.15, 0.2) is 0 Å². The number of hydrogen-bond acceptors (Lipinski definition) is 3. The number of hydrazone groups is 1. The molecule has 2 atom stereocenters. The summed E-state index contributed by atoms with van der Waals surface area (Å²) in [5.74, 6) is 0.0412. The van der Waals surface area contributed by atoms with E-state index in [0.29, 0.717) is 0 Å². The fraction of sp³-hybridized carbons (Fsp3) is 0.208. The monoisotopic (exact) mass is 402 g/mol. The van der Waals surface area contributed by atoms with Crippen LogP contribution >= 0.6 is 0 Å². The number of benzene rings is 3. The number of fused-ring (bicyclic) bond motifs is 3. The van der Waals surface area contributed by atoms with E-state index in [1.165, 1.54) is 9.98 Å². The summed E-state index contributed by atoms with van der Waals surface area (Å²) in [7, 11) is -3.76. The lowest BCUT2D eigenvalue weighted by molar-refractivity contribution is 0.313. The summed E-state index contributed by atoms with van der Waals surface area (Å²) in [6, 6.07) is 26.4. The number of sulfonamides is 1. The van der Waals surface area contributed by atoms with E-state index in [1.54, 1.807) is 24.3 Å². The van der Waals surface area contributed by atoms with Crippen molar-refractivity contribution in [2.75, 3.05) is 0 Å². The first-order chi connectivity index (χ1) is 14.2. The minimum Gasteiger partial charge on any atom is -0.200 e. The maximum Gasteiger partial charge on any atom is 0.279 e. The molecule has 3 aromatic rings. The number of rotatable bonds is 3. The molecule has 1 heterocycles. The molecular formula is C24H22N2O2S. The van der Waals surface area contributed by atoms with Crippen molar-refractivity contribution in [1.29, 1.82) is 0 Å². The van der Waals surface area contributed by atoms with Crippen molar-refractivity contribution in [2.45, 2.75) is 30.2 Å². The van der Waals surface area contributed by atoms with Crippen molar-refractivity contribution in [3.63, 3.8) is 0 Å². The van der Waals surface area contributed by atoms with E-state index < -0.39 is 10.0 Å². The van der Waals surface area contributed by atoms with Crippen LogP contribution in [-0.2, 0) is 16.4 Å². The molecule has 1 aliphatic carbocycles. The Hall–Kier alpha value is -2.92. The highest BCUT2D eigenvalue weighted by Crippen LogP contribution is 2.45. The Morgan fingerprint density at radius 1 is 0.828 bits per heavy atom. The minimum atomic E-state index is -3.76. The molecule has 0 aromatic heterocycles. The Balaban J connectivity index is 1.70. The van der Waals surface area contributed by atoms with Crippen LogP contribution in [0.15, 0.2) is 94.9 Å². The lowest BCUT2D eigenvalue weighted by atomic mass is 9.86. The van der Waals surface area contributed by atoms with Gasteiger partial charge in [0.1, 0.15) is 0 Å². The summed E-state index contributed by atoms with van der Waals surface area (Å²) < 4.78 is 28.5. The quantitative estimate of drug-likeness (QED) is 0.632. The van der Waals surface area contributed by atoms with E-state index >= 15 is 0 Å². The van der Waals surface area contributed by atoms with Crippen LogP contribution in [-0.4, -0.2) is 18.5 Å². The number of aryl methyl sites for hydroxylation is 1. The van der Waals surface area contributed by atoms with Gasteiger partial charge in [-0.1, -0.05) is 72.8 Å². The highest BCUT2D eigenvalue weighted by atomic mass is 32.2. The highest BCUT2D eigenvalue weighted by Gasteiger charge is 2.45. The van der Waals surface area contributed by atoms with E-state index in [2.05, 4.69) is 12.1 Å². The molecule has 3 aromatic carbocycles. The topological polar surface area (TPSA) is 49.7 Å². The predicted octanol–water partition coefficient (Wildman–Crippen LogP) is 4.79. The van der Waals surface area contributed by atoms with Gasteiger partial charge in [-0.3, -0.25) is 0 Å². The van der Waals surface area contributed by atoms with Crippen molar-refractivity contribution < 1.29 is 8.42 Å². The molecule has 0 spiro atoms. The van der Waals surface area contributed by atoms with Gasteiger partial charge in [-0.25, -0.2) is 0 Å². The third-order valence-corrected chi connectivity index (χ3v) is 7.53. The molecule has 2 aliphatic rings. The fourth-order valence-electron chi connectivity index (χ4n) is 4.51. The molecule has 5 heteroatoms. The first-order valence-electron chi connectivity index (χ1n) is 9.97. The molecule has 0 bridgehead atoms. The maximum absolute atomic E-state index is 13.6. The Morgan fingerprint density at radius 3 is 2.24 bits per heavy atom. The van der Waals surface area contributed by atoms with Crippen molar-refractivity contribution in [3.8, 4) is 0 Å². The molecule has 0 saturated carbocycles. The van der Waals surface area contributed by atoms with Gasteiger partial charge >= 0.3 is 0 Å². The van der Waals surface area contributed by atoms with Crippen molar-refractivity contribution >= 4 is 15.7 Å². The van der Waals surface area contributed by atoms with Crippen LogP contribution in [0.4, 0.5) is 0 Å². The molecule has 1 aliphatic heterocycles. The minimum absolute atomic E-state index is 0.0412. The Kier molecular flexibility index (Phi) is 4.47. The zero-order valence-corrected chi connectivity index (χ0v) is 16.8. The fourth-order valence-corrected chi connectivity index (χ4v) is 5.99.